The lowest BCUT2D eigenvalue weighted by Gasteiger charge is -2.06. The highest BCUT2D eigenvalue weighted by atomic mass is 32.1. The van der Waals surface area contributed by atoms with E-state index in [9.17, 15) is 0 Å². The van der Waals surface area contributed by atoms with E-state index in [0.717, 1.165) is 9.79 Å². The topological polar surface area (TPSA) is 0 Å². The van der Waals surface area contributed by atoms with Gasteiger partial charge in [-0.3, -0.25) is 0 Å². The molecule has 0 atom stereocenters. The minimum absolute atomic E-state index is 1.02. The van der Waals surface area contributed by atoms with Crippen LogP contribution in [0, 0.1) is 6.92 Å². The van der Waals surface area contributed by atoms with E-state index >= 15 is 0 Å². The predicted octanol–water partition coefficient (Wildman–Crippen LogP) is 3.73. The quantitative estimate of drug-likeness (QED) is 0.603. The molecule has 0 aliphatic rings. The first kappa shape index (κ1) is 8.97. The number of thiol groups is 2. The van der Waals surface area contributed by atoms with E-state index < -0.39 is 0 Å². The van der Waals surface area contributed by atoms with Gasteiger partial charge in [0.1, 0.15) is 0 Å². The molecule has 2 aromatic rings. The SMILES string of the molecule is Cc1cc(S)c2ccccc2c1S. The molecule has 0 aliphatic heterocycles. The Balaban J connectivity index is 2.97. The zero-order valence-electron chi connectivity index (χ0n) is 7.28. The zero-order chi connectivity index (χ0) is 9.42. The van der Waals surface area contributed by atoms with E-state index in [1.807, 2.05) is 18.2 Å². The summed E-state index contributed by atoms with van der Waals surface area (Å²) in [5.41, 5.74) is 1.17. The van der Waals surface area contributed by atoms with E-state index in [1.165, 1.54) is 16.3 Å². The van der Waals surface area contributed by atoms with Crippen LogP contribution < -0.4 is 0 Å². The van der Waals surface area contributed by atoms with Crippen LogP contribution in [-0.4, -0.2) is 0 Å². The minimum Gasteiger partial charge on any atom is -0.143 e. The highest BCUT2D eigenvalue weighted by Gasteiger charge is 2.03. The van der Waals surface area contributed by atoms with Crippen LogP contribution in [0.25, 0.3) is 10.8 Å². The third-order valence-electron chi connectivity index (χ3n) is 2.18. The number of rotatable bonds is 0. The maximum atomic E-state index is 4.48. The molecule has 2 heteroatoms. The molecule has 0 heterocycles. The molecular formula is C11H10S2. The van der Waals surface area contributed by atoms with Gasteiger partial charge in [-0.15, -0.1) is 25.3 Å². The van der Waals surface area contributed by atoms with E-state index in [1.54, 1.807) is 0 Å². The fraction of sp³-hybridized carbons (Fsp3) is 0.0909. The van der Waals surface area contributed by atoms with E-state index in [0.29, 0.717) is 0 Å². The van der Waals surface area contributed by atoms with Gasteiger partial charge in [0.05, 0.1) is 0 Å². The average Bonchev–Trinajstić information content (AvgIpc) is 2.15. The Morgan fingerprint density at radius 3 is 2.31 bits per heavy atom. The molecule has 2 rings (SSSR count). The van der Waals surface area contributed by atoms with Crippen LogP contribution in [0.5, 0.6) is 0 Å². The van der Waals surface area contributed by atoms with E-state index in [2.05, 4.69) is 44.3 Å². The molecule has 0 fully saturated rings. The fourth-order valence-electron chi connectivity index (χ4n) is 1.48. The molecule has 0 aromatic heterocycles. The van der Waals surface area contributed by atoms with Crippen LogP contribution >= 0.6 is 25.3 Å². The van der Waals surface area contributed by atoms with Crippen LogP contribution in [-0.2, 0) is 0 Å². The van der Waals surface area contributed by atoms with Crippen LogP contribution in [0.1, 0.15) is 5.56 Å². The van der Waals surface area contributed by atoms with Crippen LogP contribution in [0.4, 0.5) is 0 Å². The molecule has 0 bridgehead atoms. The van der Waals surface area contributed by atoms with Gasteiger partial charge in [0, 0.05) is 9.79 Å². The van der Waals surface area contributed by atoms with Crippen LogP contribution in [0.2, 0.25) is 0 Å². The van der Waals surface area contributed by atoms with Gasteiger partial charge in [-0.25, -0.2) is 0 Å². The minimum atomic E-state index is 1.02. The molecular weight excluding hydrogens is 196 g/mol. The molecule has 0 aliphatic carbocycles. The van der Waals surface area contributed by atoms with Crippen molar-refractivity contribution < 1.29 is 0 Å². The van der Waals surface area contributed by atoms with Crippen molar-refractivity contribution in [2.75, 3.05) is 0 Å². The highest BCUT2D eigenvalue weighted by molar-refractivity contribution is 7.81. The molecule has 0 amide bonds. The third-order valence-corrected chi connectivity index (χ3v) is 3.15. The zero-order valence-corrected chi connectivity index (χ0v) is 9.07. The van der Waals surface area contributed by atoms with Crippen molar-refractivity contribution in [1.29, 1.82) is 0 Å². The van der Waals surface area contributed by atoms with Crippen molar-refractivity contribution in [3.8, 4) is 0 Å². The summed E-state index contributed by atoms with van der Waals surface area (Å²) < 4.78 is 0. The van der Waals surface area contributed by atoms with E-state index in [-0.39, 0.29) is 0 Å². The molecule has 0 radical (unpaired) electrons. The Morgan fingerprint density at radius 2 is 1.62 bits per heavy atom. The van der Waals surface area contributed by atoms with Gasteiger partial charge in [0.15, 0.2) is 0 Å². The largest absolute Gasteiger partial charge is 0.143 e. The second-order valence-corrected chi connectivity index (χ2v) is 4.04. The standard InChI is InChI=1S/C11H10S2/c1-7-6-10(12)8-4-2-3-5-9(8)11(7)13/h2-6,12-13H,1H3. The maximum Gasteiger partial charge on any atom is 0.0149 e. The average molecular weight is 206 g/mol. The highest BCUT2D eigenvalue weighted by Crippen LogP contribution is 2.30. The molecule has 0 N–H and O–H groups in total. The predicted molar refractivity (Wildman–Crippen MR) is 63.2 cm³/mol. The van der Waals surface area contributed by atoms with Gasteiger partial charge in [-0.2, -0.15) is 0 Å². The summed E-state index contributed by atoms with van der Waals surface area (Å²) in [7, 11) is 0. The molecule has 2 aromatic carbocycles. The van der Waals surface area contributed by atoms with Gasteiger partial charge in [0.25, 0.3) is 0 Å². The van der Waals surface area contributed by atoms with Crippen molar-refractivity contribution in [2.45, 2.75) is 16.7 Å². The Hall–Kier alpha value is -0.600. The second-order valence-electron chi connectivity index (χ2n) is 3.11. The van der Waals surface area contributed by atoms with Crippen molar-refractivity contribution in [1.82, 2.24) is 0 Å². The van der Waals surface area contributed by atoms with Crippen molar-refractivity contribution in [3.63, 3.8) is 0 Å². The number of benzene rings is 2. The number of fused-ring (bicyclic) bond motifs is 1. The normalized spacial score (nSPS) is 10.7. The first-order valence-corrected chi connectivity index (χ1v) is 5.00. The van der Waals surface area contributed by atoms with Gasteiger partial charge in [-0.05, 0) is 29.3 Å². The summed E-state index contributed by atoms with van der Waals surface area (Å²) in [6.45, 7) is 2.05. The van der Waals surface area contributed by atoms with E-state index in [4.69, 9.17) is 0 Å². The smallest absolute Gasteiger partial charge is 0.0149 e. The first-order chi connectivity index (χ1) is 6.20. The summed E-state index contributed by atoms with van der Waals surface area (Å²) in [5, 5.41) is 2.34. The lowest BCUT2D eigenvalue weighted by Crippen LogP contribution is -1.82. The van der Waals surface area contributed by atoms with Crippen molar-refractivity contribution >= 4 is 36.0 Å². The van der Waals surface area contributed by atoms with Crippen LogP contribution in [0.3, 0.4) is 0 Å². The lowest BCUT2D eigenvalue weighted by atomic mass is 10.1. The summed E-state index contributed by atoms with van der Waals surface area (Å²) in [5.74, 6) is 0. The summed E-state index contributed by atoms with van der Waals surface area (Å²) in [6.07, 6.45) is 0. The van der Waals surface area contributed by atoms with Gasteiger partial charge in [0.2, 0.25) is 0 Å². The second kappa shape index (κ2) is 3.28. The molecule has 66 valence electrons. The summed E-state index contributed by atoms with van der Waals surface area (Å²) >= 11 is 8.91. The third kappa shape index (κ3) is 1.45. The molecule has 0 nitrogen and oxygen atoms in total. The van der Waals surface area contributed by atoms with Gasteiger partial charge >= 0.3 is 0 Å². The molecule has 0 saturated carbocycles. The fourth-order valence-corrected chi connectivity index (χ4v) is 2.12. The first-order valence-electron chi connectivity index (χ1n) is 4.10. The van der Waals surface area contributed by atoms with Gasteiger partial charge in [-0.1, -0.05) is 24.3 Å². The summed E-state index contributed by atoms with van der Waals surface area (Å²) in [4.78, 5) is 2.07. The maximum absolute atomic E-state index is 4.48. The molecule has 0 unspecified atom stereocenters. The van der Waals surface area contributed by atoms with Crippen molar-refractivity contribution in [3.05, 3.63) is 35.9 Å². The Labute approximate surface area is 88.8 Å². The lowest BCUT2D eigenvalue weighted by molar-refractivity contribution is 1.31. The van der Waals surface area contributed by atoms with Gasteiger partial charge < -0.3 is 0 Å². The summed E-state index contributed by atoms with van der Waals surface area (Å²) in [6, 6.07) is 10.2. The molecule has 0 saturated heterocycles. The number of hydrogen-bond donors (Lipinski definition) is 2. The molecule has 13 heavy (non-hydrogen) atoms. The molecule has 0 spiro atoms. The monoisotopic (exact) mass is 206 g/mol. The van der Waals surface area contributed by atoms with Crippen molar-refractivity contribution in [2.24, 2.45) is 0 Å². The van der Waals surface area contributed by atoms with Crippen LogP contribution in [0.15, 0.2) is 40.1 Å². The Bertz CT molecular complexity index is 461. The Kier molecular flexibility index (Phi) is 2.26. The number of aryl methyl sites for hydroxylation is 1. The number of hydrogen-bond acceptors (Lipinski definition) is 2. The Morgan fingerprint density at radius 1 is 1.00 bits per heavy atom.